The zero-order valence-corrected chi connectivity index (χ0v) is 20.0. The first-order valence-electron chi connectivity index (χ1n) is 9.37. The zero-order chi connectivity index (χ0) is 22.3. The number of methoxy groups -OCH3 is 2. The van der Waals surface area contributed by atoms with Crippen LogP contribution >= 0.6 is 15.9 Å². The van der Waals surface area contributed by atoms with Crippen molar-refractivity contribution in [3.8, 4) is 11.5 Å². The molecule has 30 heavy (non-hydrogen) atoms. The van der Waals surface area contributed by atoms with Gasteiger partial charge in [0.15, 0.2) is 11.5 Å². The van der Waals surface area contributed by atoms with E-state index < -0.39 is 10.0 Å². The summed E-state index contributed by atoms with van der Waals surface area (Å²) in [4.78, 5) is 12.2. The lowest BCUT2D eigenvalue weighted by Crippen LogP contribution is -2.32. The Hall–Kier alpha value is -2.26. The first-order valence-corrected chi connectivity index (χ1v) is 12.0. The Morgan fingerprint density at radius 2 is 1.80 bits per heavy atom. The highest BCUT2D eigenvalue weighted by Crippen LogP contribution is 2.27. The van der Waals surface area contributed by atoms with Crippen LogP contribution in [0.5, 0.6) is 11.5 Å². The summed E-state index contributed by atoms with van der Waals surface area (Å²) in [6.45, 7) is 2.47. The third kappa shape index (κ3) is 6.63. The number of amides is 1. The molecule has 0 bridgehead atoms. The number of nitrogens with zero attached hydrogens (tertiary/aromatic N) is 1. The second-order valence-electron chi connectivity index (χ2n) is 6.84. The smallest absolute Gasteiger partial charge is 0.232 e. The van der Waals surface area contributed by atoms with Crippen molar-refractivity contribution in [3.63, 3.8) is 0 Å². The summed E-state index contributed by atoms with van der Waals surface area (Å²) in [5.41, 5.74) is 2.40. The number of benzene rings is 2. The fourth-order valence-corrected chi connectivity index (χ4v) is 4.14. The van der Waals surface area contributed by atoms with Gasteiger partial charge in [-0.3, -0.25) is 9.10 Å². The van der Waals surface area contributed by atoms with E-state index in [2.05, 4.69) is 21.2 Å². The SMILES string of the molecule is COc1ccc(CNC(=O)CCCN(c2ccc(Br)c(C)c2)S(C)(=O)=O)cc1OC. The maximum Gasteiger partial charge on any atom is 0.232 e. The number of rotatable bonds is 10. The van der Waals surface area contributed by atoms with Crippen molar-refractivity contribution in [1.82, 2.24) is 5.32 Å². The summed E-state index contributed by atoms with van der Waals surface area (Å²) in [7, 11) is -0.334. The molecule has 0 radical (unpaired) electrons. The molecule has 0 aromatic heterocycles. The molecule has 0 atom stereocenters. The number of hydrogen-bond acceptors (Lipinski definition) is 5. The van der Waals surface area contributed by atoms with E-state index in [1.54, 1.807) is 32.4 Å². The molecule has 0 unspecified atom stereocenters. The molecule has 1 amide bonds. The van der Waals surface area contributed by atoms with Gasteiger partial charge in [0.05, 0.1) is 26.2 Å². The molecule has 9 heteroatoms. The Morgan fingerprint density at radius 3 is 2.40 bits per heavy atom. The predicted molar refractivity (Wildman–Crippen MR) is 122 cm³/mol. The second kappa shape index (κ2) is 10.7. The van der Waals surface area contributed by atoms with Crippen LogP contribution < -0.4 is 19.1 Å². The van der Waals surface area contributed by atoms with E-state index >= 15 is 0 Å². The number of aryl methyl sites for hydroxylation is 1. The third-order valence-corrected chi connectivity index (χ3v) is 6.62. The average molecular weight is 499 g/mol. The molecule has 0 aliphatic heterocycles. The van der Waals surface area contributed by atoms with E-state index in [0.717, 1.165) is 15.6 Å². The van der Waals surface area contributed by atoms with Gasteiger partial charge < -0.3 is 14.8 Å². The molecule has 0 spiro atoms. The second-order valence-corrected chi connectivity index (χ2v) is 9.60. The van der Waals surface area contributed by atoms with Crippen LogP contribution in [-0.2, 0) is 21.4 Å². The molecule has 1 N–H and O–H groups in total. The number of nitrogens with one attached hydrogen (secondary N) is 1. The van der Waals surface area contributed by atoms with E-state index in [-0.39, 0.29) is 18.9 Å². The molecular weight excluding hydrogens is 472 g/mol. The van der Waals surface area contributed by atoms with Crippen molar-refractivity contribution in [1.29, 1.82) is 0 Å². The number of hydrogen-bond donors (Lipinski definition) is 1. The van der Waals surface area contributed by atoms with Gasteiger partial charge in [-0.25, -0.2) is 8.42 Å². The maximum absolute atomic E-state index is 12.2. The summed E-state index contributed by atoms with van der Waals surface area (Å²) >= 11 is 3.42. The first-order chi connectivity index (χ1) is 14.2. The monoisotopic (exact) mass is 498 g/mol. The third-order valence-electron chi connectivity index (χ3n) is 4.53. The van der Waals surface area contributed by atoms with Crippen molar-refractivity contribution < 1.29 is 22.7 Å². The van der Waals surface area contributed by atoms with Gasteiger partial charge in [0.2, 0.25) is 15.9 Å². The average Bonchev–Trinajstić information content (AvgIpc) is 2.70. The van der Waals surface area contributed by atoms with Gasteiger partial charge in [-0.15, -0.1) is 0 Å². The molecule has 164 valence electrons. The molecule has 0 saturated carbocycles. The first kappa shape index (κ1) is 24.0. The largest absolute Gasteiger partial charge is 0.493 e. The van der Waals surface area contributed by atoms with Gasteiger partial charge in [0, 0.05) is 24.0 Å². The fraction of sp³-hybridized carbons (Fsp3) is 0.381. The number of anilines is 1. The van der Waals surface area contributed by atoms with Crippen LogP contribution in [0.3, 0.4) is 0 Å². The number of ether oxygens (including phenoxy) is 2. The van der Waals surface area contributed by atoms with Crippen LogP contribution in [-0.4, -0.2) is 41.3 Å². The van der Waals surface area contributed by atoms with Gasteiger partial charge in [0.25, 0.3) is 0 Å². The van der Waals surface area contributed by atoms with Crippen molar-refractivity contribution in [3.05, 3.63) is 52.0 Å². The minimum absolute atomic E-state index is 0.148. The van der Waals surface area contributed by atoms with E-state index in [9.17, 15) is 13.2 Å². The van der Waals surface area contributed by atoms with Crippen molar-refractivity contribution in [2.45, 2.75) is 26.3 Å². The van der Waals surface area contributed by atoms with Crippen molar-refractivity contribution in [2.24, 2.45) is 0 Å². The summed E-state index contributed by atoms with van der Waals surface area (Å²) in [5.74, 6) is 1.07. The van der Waals surface area contributed by atoms with Crippen LogP contribution in [0, 0.1) is 6.92 Å². The van der Waals surface area contributed by atoms with Crippen LogP contribution in [0.2, 0.25) is 0 Å². The number of carbonyl (C=O) groups excluding carboxylic acids is 1. The number of halogens is 1. The van der Waals surface area contributed by atoms with E-state index in [1.807, 2.05) is 25.1 Å². The van der Waals surface area contributed by atoms with Gasteiger partial charge in [0.1, 0.15) is 0 Å². The van der Waals surface area contributed by atoms with E-state index in [0.29, 0.717) is 30.2 Å². The lowest BCUT2D eigenvalue weighted by molar-refractivity contribution is -0.121. The van der Waals surface area contributed by atoms with Crippen LogP contribution in [0.4, 0.5) is 5.69 Å². The van der Waals surface area contributed by atoms with Gasteiger partial charge >= 0.3 is 0 Å². The standard InChI is InChI=1S/C21H27BrN2O5S/c1-15-12-17(8-9-18(15)22)24(30(4,26)27)11-5-6-21(25)23-14-16-7-10-19(28-2)20(13-16)29-3/h7-10,12-13H,5-6,11,14H2,1-4H3,(H,23,25). The predicted octanol–water partition coefficient (Wildman–Crippen LogP) is 3.64. The molecule has 0 saturated heterocycles. The molecule has 0 aliphatic carbocycles. The summed E-state index contributed by atoms with van der Waals surface area (Å²) in [5, 5.41) is 2.85. The Labute approximate surface area is 186 Å². The highest BCUT2D eigenvalue weighted by atomic mass is 79.9. The molecule has 2 rings (SSSR count). The Kier molecular flexibility index (Phi) is 8.54. The molecule has 7 nitrogen and oxygen atoms in total. The van der Waals surface area contributed by atoms with Crippen LogP contribution in [0.25, 0.3) is 0 Å². The lowest BCUT2D eigenvalue weighted by atomic mass is 10.2. The normalized spacial score (nSPS) is 11.1. The minimum Gasteiger partial charge on any atom is -0.493 e. The van der Waals surface area contributed by atoms with Crippen molar-refractivity contribution in [2.75, 3.05) is 31.3 Å². The van der Waals surface area contributed by atoms with Gasteiger partial charge in [-0.1, -0.05) is 22.0 Å². The fourth-order valence-electron chi connectivity index (χ4n) is 2.93. The van der Waals surface area contributed by atoms with Gasteiger partial charge in [-0.2, -0.15) is 0 Å². The molecule has 2 aromatic rings. The zero-order valence-electron chi connectivity index (χ0n) is 17.6. The highest BCUT2D eigenvalue weighted by molar-refractivity contribution is 9.10. The topological polar surface area (TPSA) is 84.9 Å². The number of sulfonamides is 1. The lowest BCUT2D eigenvalue weighted by Gasteiger charge is -2.23. The molecular formula is C21H27BrN2O5S. The van der Waals surface area contributed by atoms with E-state index in [1.165, 1.54) is 10.6 Å². The van der Waals surface area contributed by atoms with E-state index in [4.69, 9.17) is 9.47 Å². The molecule has 0 fully saturated rings. The summed E-state index contributed by atoms with van der Waals surface area (Å²) < 4.78 is 37.1. The Balaban J connectivity index is 1.92. The Bertz CT molecular complexity index is 995. The molecule has 2 aromatic carbocycles. The quantitative estimate of drug-likeness (QED) is 0.540. The Morgan fingerprint density at radius 1 is 1.10 bits per heavy atom. The minimum atomic E-state index is -3.45. The van der Waals surface area contributed by atoms with Crippen LogP contribution in [0.1, 0.15) is 24.0 Å². The summed E-state index contributed by atoms with van der Waals surface area (Å²) in [6.07, 6.45) is 1.79. The molecule has 0 heterocycles. The van der Waals surface area contributed by atoms with Crippen molar-refractivity contribution >= 4 is 37.5 Å². The summed E-state index contributed by atoms with van der Waals surface area (Å²) in [6, 6.07) is 10.8. The molecule has 0 aliphatic rings. The van der Waals surface area contributed by atoms with Crippen LogP contribution in [0.15, 0.2) is 40.9 Å². The number of carbonyl (C=O) groups is 1. The highest BCUT2D eigenvalue weighted by Gasteiger charge is 2.18. The maximum atomic E-state index is 12.2. The van der Waals surface area contributed by atoms with Gasteiger partial charge in [-0.05, 0) is 54.8 Å².